The molecule has 2 unspecified atom stereocenters. The molecule has 5 nitrogen and oxygen atoms in total. The van der Waals surface area contributed by atoms with E-state index in [-0.39, 0.29) is 4.90 Å². The minimum atomic E-state index is -3.75. The number of nitrogen functional groups attached to an aromatic ring is 1. The van der Waals surface area contributed by atoms with Crippen LogP contribution in [0.15, 0.2) is 53.4 Å². The van der Waals surface area contributed by atoms with Gasteiger partial charge in [-0.2, -0.15) is 0 Å². The lowest BCUT2D eigenvalue weighted by Crippen LogP contribution is -2.13. The maximum absolute atomic E-state index is 11.4. The third-order valence-corrected chi connectivity index (χ3v) is 4.52. The third kappa shape index (κ3) is 3.17. The molecule has 0 aliphatic heterocycles. The van der Waals surface area contributed by atoms with Crippen molar-refractivity contribution in [3.63, 3.8) is 0 Å². The van der Waals surface area contributed by atoms with Crippen LogP contribution in [0.5, 0.6) is 0 Å². The van der Waals surface area contributed by atoms with Crippen LogP contribution in [0, 0.1) is 0 Å². The number of nitrogens with one attached hydrogen (secondary N) is 1. The molecule has 6 heteroatoms. The Morgan fingerprint density at radius 3 is 2.48 bits per heavy atom. The maximum atomic E-state index is 11.4. The van der Waals surface area contributed by atoms with E-state index in [1.54, 1.807) is 6.07 Å². The number of nitrogens with two attached hydrogens (primary N) is 2. The molecule has 5 N–H and O–H groups in total. The number of primary sulfonamides is 1. The highest BCUT2D eigenvalue weighted by Crippen LogP contribution is 2.43. The van der Waals surface area contributed by atoms with Crippen molar-refractivity contribution in [1.29, 1.82) is 0 Å². The second-order valence-corrected chi connectivity index (χ2v) is 6.90. The van der Waals surface area contributed by atoms with E-state index >= 15 is 0 Å². The molecule has 0 heterocycles. The number of hydrogen-bond acceptors (Lipinski definition) is 4. The van der Waals surface area contributed by atoms with Gasteiger partial charge >= 0.3 is 0 Å². The molecule has 2 aromatic carbocycles. The Labute approximate surface area is 124 Å². The molecule has 1 aliphatic carbocycles. The highest BCUT2D eigenvalue weighted by molar-refractivity contribution is 7.89. The van der Waals surface area contributed by atoms with E-state index in [0.717, 1.165) is 6.42 Å². The molecule has 0 bridgehead atoms. The topological polar surface area (TPSA) is 98.2 Å². The van der Waals surface area contributed by atoms with Crippen LogP contribution in [0.3, 0.4) is 0 Å². The van der Waals surface area contributed by atoms with Gasteiger partial charge < -0.3 is 11.1 Å². The van der Waals surface area contributed by atoms with Gasteiger partial charge in [-0.3, -0.25) is 0 Å². The van der Waals surface area contributed by atoms with Crippen LogP contribution in [0.4, 0.5) is 11.4 Å². The molecule has 21 heavy (non-hydrogen) atoms. The van der Waals surface area contributed by atoms with E-state index in [9.17, 15) is 8.42 Å². The van der Waals surface area contributed by atoms with Crippen LogP contribution in [0.25, 0.3) is 0 Å². The number of sulfonamides is 1. The monoisotopic (exact) mass is 303 g/mol. The van der Waals surface area contributed by atoms with Crippen molar-refractivity contribution in [1.82, 2.24) is 0 Å². The van der Waals surface area contributed by atoms with E-state index in [1.807, 2.05) is 18.2 Å². The first-order valence-corrected chi connectivity index (χ1v) is 8.23. The van der Waals surface area contributed by atoms with Crippen molar-refractivity contribution in [3.8, 4) is 0 Å². The summed E-state index contributed by atoms with van der Waals surface area (Å²) in [6, 6.07) is 15.1. The van der Waals surface area contributed by atoms with Crippen LogP contribution in [-0.4, -0.2) is 14.5 Å². The smallest absolute Gasteiger partial charge is 0.238 e. The lowest BCUT2D eigenvalue weighted by molar-refractivity contribution is 0.598. The summed E-state index contributed by atoms with van der Waals surface area (Å²) in [5, 5.41) is 8.47. The summed E-state index contributed by atoms with van der Waals surface area (Å²) in [5.41, 5.74) is 8.08. The van der Waals surface area contributed by atoms with Gasteiger partial charge in [0.2, 0.25) is 10.0 Å². The van der Waals surface area contributed by atoms with Crippen molar-refractivity contribution in [3.05, 3.63) is 54.1 Å². The number of anilines is 2. The molecule has 0 aromatic heterocycles. The van der Waals surface area contributed by atoms with Crippen LogP contribution in [-0.2, 0) is 10.0 Å². The largest absolute Gasteiger partial charge is 0.399 e. The first-order valence-electron chi connectivity index (χ1n) is 6.68. The molecule has 1 fully saturated rings. The van der Waals surface area contributed by atoms with Gasteiger partial charge in [-0.15, -0.1) is 0 Å². The van der Waals surface area contributed by atoms with Crippen molar-refractivity contribution in [2.75, 3.05) is 11.1 Å². The number of benzene rings is 2. The van der Waals surface area contributed by atoms with Gasteiger partial charge in [0, 0.05) is 23.3 Å². The highest BCUT2D eigenvalue weighted by Gasteiger charge is 2.38. The molecule has 0 saturated heterocycles. The molecule has 2 aromatic rings. The second-order valence-electron chi connectivity index (χ2n) is 5.34. The normalized spacial score (nSPS) is 21.0. The maximum Gasteiger partial charge on any atom is 0.238 e. The fraction of sp³-hybridized carbons (Fsp3) is 0.200. The molecular formula is C15H17N3O2S. The zero-order chi connectivity index (χ0) is 15.0. The van der Waals surface area contributed by atoms with Crippen LogP contribution in [0.1, 0.15) is 17.9 Å². The van der Waals surface area contributed by atoms with Crippen molar-refractivity contribution in [2.45, 2.75) is 23.3 Å². The summed E-state index contributed by atoms with van der Waals surface area (Å²) >= 11 is 0. The number of hydrogen-bond donors (Lipinski definition) is 3. The molecule has 1 saturated carbocycles. The van der Waals surface area contributed by atoms with Gasteiger partial charge in [0.05, 0.1) is 4.90 Å². The van der Waals surface area contributed by atoms with E-state index in [4.69, 9.17) is 10.9 Å². The summed E-state index contributed by atoms with van der Waals surface area (Å²) in [7, 11) is -3.75. The SMILES string of the molecule is Nc1cc(NC2CC2c2ccccc2)cc(S(N)(=O)=O)c1. The van der Waals surface area contributed by atoms with E-state index < -0.39 is 10.0 Å². The first-order chi connectivity index (χ1) is 9.93. The van der Waals surface area contributed by atoms with E-state index in [0.29, 0.717) is 23.3 Å². The molecule has 3 rings (SSSR count). The molecule has 1 aliphatic rings. The lowest BCUT2D eigenvalue weighted by Gasteiger charge is -2.09. The fourth-order valence-corrected chi connectivity index (χ4v) is 3.10. The average Bonchev–Trinajstić information content (AvgIpc) is 3.17. The Hall–Kier alpha value is -2.05. The predicted octanol–water partition coefficient (Wildman–Crippen LogP) is 1.88. The Morgan fingerprint density at radius 1 is 1.10 bits per heavy atom. The Balaban J connectivity index is 1.77. The Morgan fingerprint density at radius 2 is 1.81 bits per heavy atom. The van der Waals surface area contributed by atoms with E-state index in [2.05, 4.69) is 17.4 Å². The highest BCUT2D eigenvalue weighted by atomic mass is 32.2. The zero-order valence-electron chi connectivity index (χ0n) is 11.4. The molecule has 110 valence electrons. The summed E-state index contributed by atoms with van der Waals surface area (Å²) < 4.78 is 22.8. The Kier molecular flexibility index (Phi) is 3.35. The summed E-state index contributed by atoms with van der Waals surface area (Å²) in [5.74, 6) is 0.450. The molecule has 0 radical (unpaired) electrons. The fourth-order valence-electron chi connectivity index (χ4n) is 2.51. The summed E-state index contributed by atoms with van der Waals surface area (Å²) in [6.07, 6.45) is 1.02. The quantitative estimate of drug-likeness (QED) is 0.751. The lowest BCUT2D eigenvalue weighted by atomic mass is 10.1. The molecular weight excluding hydrogens is 286 g/mol. The van der Waals surface area contributed by atoms with Gasteiger partial charge in [0.15, 0.2) is 0 Å². The minimum Gasteiger partial charge on any atom is -0.399 e. The average molecular weight is 303 g/mol. The summed E-state index contributed by atoms with van der Waals surface area (Å²) in [4.78, 5) is 0.0295. The van der Waals surface area contributed by atoms with Gasteiger partial charge in [-0.1, -0.05) is 30.3 Å². The zero-order valence-corrected chi connectivity index (χ0v) is 12.2. The molecule has 0 spiro atoms. The van der Waals surface area contributed by atoms with Crippen LogP contribution < -0.4 is 16.2 Å². The molecule has 0 amide bonds. The first kappa shape index (κ1) is 13.9. The standard InChI is InChI=1S/C15H17N3O2S/c16-11-6-12(8-13(7-11)21(17,19)20)18-15-9-14(15)10-4-2-1-3-5-10/h1-8,14-15,18H,9,16H2,(H2,17,19,20). The van der Waals surface area contributed by atoms with Crippen molar-refractivity contribution >= 4 is 21.4 Å². The summed E-state index contributed by atoms with van der Waals surface area (Å²) in [6.45, 7) is 0. The molecule has 2 atom stereocenters. The van der Waals surface area contributed by atoms with Gasteiger partial charge in [-0.05, 0) is 30.2 Å². The third-order valence-electron chi connectivity index (χ3n) is 3.63. The Bertz CT molecular complexity index is 760. The second kappa shape index (κ2) is 5.05. The van der Waals surface area contributed by atoms with Gasteiger partial charge in [-0.25, -0.2) is 13.6 Å². The number of rotatable bonds is 4. The predicted molar refractivity (Wildman–Crippen MR) is 83.4 cm³/mol. The van der Waals surface area contributed by atoms with E-state index in [1.165, 1.54) is 17.7 Å². The van der Waals surface area contributed by atoms with Gasteiger partial charge in [0.1, 0.15) is 0 Å². The van der Waals surface area contributed by atoms with Crippen molar-refractivity contribution in [2.24, 2.45) is 5.14 Å². The van der Waals surface area contributed by atoms with Crippen LogP contribution >= 0.6 is 0 Å². The minimum absolute atomic E-state index is 0.0295. The van der Waals surface area contributed by atoms with Crippen LogP contribution in [0.2, 0.25) is 0 Å². The van der Waals surface area contributed by atoms with Crippen molar-refractivity contribution < 1.29 is 8.42 Å². The van der Waals surface area contributed by atoms with Gasteiger partial charge in [0.25, 0.3) is 0 Å².